The maximum atomic E-state index is 13.7. The molecule has 2 N–H and O–H groups in total. The number of aryl methyl sites for hydroxylation is 2. The van der Waals surface area contributed by atoms with Crippen molar-refractivity contribution in [3.63, 3.8) is 0 Å². The summed E-state index contributed by atoms with van der Waals surface area (Å²) < 4.78 is 19.5. The van der Waals surface area contributed by atoms with Gasteiger partial charge in [0.25, 0.3) is 0 Å². The van der Waals surface area contributed by atoms with Crippen molar-refractivity contribution in [1.29, 1.82) is 0 Å². The average Bonchev–Trinajstić information content (AvgIpc) is 2.93. The van der Waals surface area contributed by atoms with E-state index in [2.05, 4.69) is 20.6 Å². The van der Waals surface area contributed by atoms with Gasteiger partial charge in [-0.05, 0) is 32.4 Å². The predicted octanol–water partition coefficient (Wildman–Crippen LogP) is 4.04. The van der Waals surface area contributed by atoms with Gasteiger partial charge < -0.3 is 15.4 Å². The lowest BCUT2D eigenvalue weighted by Gasteiger charge is -2.20. The van der Waals surface area contributed by atoms with Crippen LogP contribution in [-0.2, 0) is 6.54 Å². The fourth-order valence-electron chi connectivity index (χ4n) is 2.32. The van der Waals surface area contributed by atoms with E-state index in [0.717, 1.165) is 17.1 Å². The maximum Gasteiger partial charge on any atom is 0.191 e. The Balaban J connectivity index is 0.00000338. The number of hydrogen-bond acceptors (Lipinski definition) is 4. The Morgan fingerprint density at radius 2 is 2.04 bits per heavy atom. The second-order valence-corrected chi connectivity index (χ2v) is 6.91. The topological polar surface area (TPSA) is 58.5 Å². The Kier molecular flexibility index (Phi) is 9.85. The molecule has 2 rings (SSSR count). The zero-order chi connectivity index (χ0) is 18.2. The standard InChI is InChI=1S/C18H25FN4OS.HI/c1-5-14(24-16-9-7-6-8-15(16)19)10-21-18(20-4)22-11-17-12(2)23-13(3)25-17;/h6-9,14H,5,10-11H2,1-4H3,(H2,20,21,22);1H. The zero-order valence-electron chi connectivity index (χ0n) is 15.5. The molecule has 0 bridgehead atoms. The Bertz CT molecular complexity index is 723. The third-order valence-electron chi connectivity index (χ3n) is 3.72. The smallest absolute Gasteiger partial charge is 0.191 e. The van der Waals surface area contributed by atoms with Crippen molar-refractivity contribution in [3.05, 3.63) is 45.7 Å². The fourth-order valence-corrected chi connectivity index (χ4v) is 3.20. The summed E-state index contributed by atoms with van der Waals surface area (Å²) in [5.41, 5.74) is 1.04. The third-order valence-corrected chi connectivity index (χ3v) is 4.80. The van der Waals surface area contributed by atoms with Crippen molar-refractivity contribution in [2.24, 2.45) is 4.99 Å². The van der Waals surface area contributed by atoms with Crippen molar-refractivity contribution >= 4 is 41.3 Å². The van der Waals surface area contributed by atoms with Crippen molar-refractivity contribution in [1.82, 2.24) is 15.6 Å². The van der Waals surface area contributed by atoms with Crippen LogP contribution >= 0.6 is 35.3 Å². The van der Waals surface area contributed by atoms with Gasteiger partial charge in [-0.15, -0.1) is 35.3 Å². The molecule has 1 aromatic heterocycles. The molecule has 1 atom stereocenters. The van der Waals surface area contributed by atoms with Gasteiger partial charge in [0.15, 0.2) is 17.5 Å². The monoisotopic (exact) mass is 492 g/mol. The Labute approximate surface area is 175 Å². The molecule has 5 nitrogen and oxygen atoms in total. The van der Waals surface area contributed by atoms with Crippen LogP contribution in [0.2, 0.25) is 0 Å². The van der Waals surface area contributed by atoms with Crippen LogP contribution in [0.1, 0.15) is 28.9 Å². The first-order chi connectivity index (χ1) is 12.0. The second-order valence-electron chi connectivity index (χ2n) is 5.63. The summed E-state index contributed by atoms with van der Waals surface area (Å²) in [6.45, 7) is 7.21. The summed E-state index contributed by atoms with van der Waals surface area (Å²) in [7, 11) is 1.72. The average molecular weight is 492 g/mol. The number of aliphatic imine (C=N–C) groups is 1. The predicted molar refractivity (Wildman–Crippen MR) is 116 cm³/mol. The molecule has 144 valence electrons. The minimum atomic E-state index is -0.348. The van der Waals surface area contributed by atoms with E-state index in [1.807, 2.05) is 20.8 Å². The number of hydrogen-bond donors (Lipinski definition) is 2. The van der Waals surface area contributed by atoms with Gasteiger partial charge >= 0.3 is 0 Å². The molecule has 1 aromatic carbocycles. The second kappa shape index (κ2) is 11.3. The number of aromatic nitrogens is 1. The van der Waals surface area contributed by atoms with Crippen LogP contribution in [0.25, 0.3) is 0 Å². The summed E-state index contributed by atoms with van der Waals surface area (Å²) in [5, 5.41) is 7.56. The summed E-state index contributed by atoms with van der Waals surface area (Å²) >= 11 is 1.68. The van der Waals surface area contributed by atoms with Gasteiger partial charge in [0.1, 0.15) is 6.10 Å². The van der Waals surface area contributed by atoms with Crippen molar-refractivity contribution in [2.45, 2.75) is 39.8 Å². The molecule has 0 aliphatic rings. The van der Waals surface area contributed by atoms with E-state index in [-0.39, 0.29) is 41.6 Å². The Morgan fingerprint density at radius 1 is 1.31 bits per heavy atom. The van der Waals surface area contributed by atoms with Crippen LogP contribution in [0.4, 0.5) is 4.39 Å². The molecule has 0 aliphatic heterocycles. The molecule has 26 heavy (non-hydrogen) atoms. The number of nitrogens with one attached hydrogen (secondary N) is 2. The van der Waals surface area contributed by atoms with E-state index in [0.29, 0.717) is 19.0 Å². The van der Waals surface area contributed by atoms with Crippen LogP contribution in [-0.4, -0.2) is 30.6 Å². The van der Waals surface area contributed by atoms with Crippen LogP contribution in [0.15, 0.2) is 29.3 Å². The highest BCUT2D eigenvalue weighted by molar-refractivity contribution is 14.0. The van der Waals surface area contributed by atoms with Crippen LogP contribution in [0.3, 0.4) is 0 Å². The van der Waals surface area contributed by atoms with E-state index < -0.39 is 0 Å². The Hall–Kier alpha value is -1.42. The number of para-hydroxylation sites is 1. The van der Waals surface area contributed by atoms with E-state index in [1.165, 1.54) is 10.9 Å². The first-order valence-corrected chi connectivity index (χ1v) is 9.13. The lowest BCUT2D eigenvalue weighted by molar-refractivity contribution is 0.191. The molecular weight excluding hydrogens is 466 g/mol. The van der Waals surface area contributed by atoms with Crippen LogP contribution < -0.4 is 15.4 Å². The molecule has 0 radical (unpaired) electrons. The Morgan fingerprint density at radius 3 is 2.62 bits per heavy atom. The number of halogens is 2. The van der Waals surface area contributed by atoms with Crippen molar-refractivity contribution in [2.75, 3.05) is 13.6 Å². The van der Waals surface area contributed by atoms with Gasteiger partial charge in [-0.25, -0.2) is 9.37 Å². The quantitative estimate of drug-likeness (QED) is 0.348. The number of benzene rings is 1. The van der Waals surface area contributed by atoms with Gasteiger partial charge in [-0.3, -0.25) is 4.99 Å². The SMILES string of the molecule is CCC(CNC(=NC)NCc1sc(C)nc1C)Oc1ccccc1F.I. The van der Waals surface area contributed by atoms with Gasteiger partial charge in [0.2, 0.25) is 0 Å². The van der Waals surface area contributed by atoms with Gasteiger partial charge in [0.05, 0.1) is 23.8 Å². The molecule has 0 saturated carbocycles. The molecule has 0 saturated heterocycles. The molecule has 1 unspecified atom stereocenters. The van der Waals surface area contributed by atoms with Crippen molar-refractivity contribution < 1.29 is 9.13 Å². The van der Waals surface area contributed by atoms with Crippen LogP contribution in [0, 0.1) is 19.7 Å². The molecule has 0 fully saturated rings. The molecule has 0 spiro atoms. The van der Waals surface area contributed by atoms with Crippen LogP contribution in [0.5, 0.6) is 5.75 Å². The summed E-state index contributed by atoms with van der Waals surface area (Å²) in [5.74, 6) is 0.607. The molecule has 0 amide bonds. The number of guanidine groups is 1. The zero-order valence-corrected chi connectivity index (χ0v) is 18.7. The highest BCUT2D eigenvalue weighted by Gasteiger charge is 2.12. The lowest BCUT2D eigenvalue weighted by Crippen LogP contribution is -2.42. The normalized spacial score (nSPS) is 12.3. The fraction of sp³-hybridized carbons (Fsp3) is 0.444. The molecule has 1 heterocycles. The minimum absolute atomic E-state index is 0. The van der Waals surface area contributed by atoms with Gasteiger partial charge in [-0.1, -0.05) is 19.1 Å². The third kappa shape index (κ3) is 6.71. The molecular formula is C18H26FIN4OS. The largest absolute Gasteiger partial charge is 0.486 e. The highest BCUT2D eigenvalue weighted by Crippen LogP contribution is 2.18. The lowest BCUT2D eigenvalue weighted by atomic mass is 10.2. The highest BCUT2D eigenvalue weighted by atomic mass is 127. The summed E-state index contributed by atoms with van der Waals surface area (Å²) in [6.07, 6.45) is 0.605. The minimum Gasteiger partial charge on any atom is -0.486 e. The number of thiazole rings is 1. The molecule has 0 aliphatic carbocycles. The summed E-state index contributed by atoms with van der Waals surface area (Å²) in [4.78, 5) is 9.83. The van der Waals surface area contributed by atoms with E-state index in [4.69, 9.17) is 4.74 Å². The van der Waals surface area contributed by atoms with Gasteiger partial charge in [0, 0.05) is 11.9 Å². The first kappa shape index (κ1) is 22.6. The maximum absolute atomic E-state index is 13.7. The van der Waals surface area contributed by atoms with E-state index in [1.54, 1.807) is 36.6 Å². The first-order valence-electron chi connectivity index (χ1n) is 8.32. The molecule has 8 heteroatoms. The van der Waals surface area contributed by atoms with E-state index >= 15 is 0 Å². The number of rotatable bonds is 7. The summed E-state index contributed by atoms with van der Waals surface area (Å²) in [6, 6.07) is 6.45. The van der Waals surface area contributed by atoms with Crippen molar-refractivity contribution in [3.8, 4) is 5.75 Å². The van der Waals surface area contributed by atoms with Gasteiger partial charge in [-0.2, -0.15) is 0 Å². The number of ether oxygens (including phenoxy) is 1. The number of nitrogens with zero attached hydrogens (tertiary/aromatic N) is 2. The molecule has 2 aromatic rings. The van der Waals surface area contributed by atoms with E-state index in [9.17, 15) is 4.39 Å².